The highest BCUT2D eigenvalue weighted by molar-refractivity contribution is 5.84. The Morgan fingerprint density at radius 2 is 2.00 bits per heavy atom. The monoisotopic (exact) mass is 264 g/mol. The zero-order valence-electron chi connectivity index (χ0n) is 11.5. The van der Waals surface area contributed by atoms with E-state index in [2.05, 4.69) is 10.1 Å². The average Bonchev–Trinajstić information content (AvgIpc) is 2.39. The van der Waals surface area contributed by atoms with Gasteiger partial charge in [-0.15, -0.1) is 0 Å². The molecule has 0 aromatic heterocycles. The fourth-order valence-corrected chi connectivity index (χ4v) is 3.07. The molecule has 0 radical (unpaired) electrons. The first-order valence-electron chi connectivity index (χ1n) is 6.73. The van der Waals surface area contributed by atoms with Crippen LogP contribution in [0.2, 0.25) is 0 Å². The highest BCUT2D eigenvalue weighted by atomic mass is 19.1. The lowest BCUT2D eigenvalue weighted by Crippen LogP contribution is -2.30. The van der Waals surface area contributed by atoms with Gasteiger partial charge in [-0.1, -0.05) is 17.3 Å². The van der Waals surface area contributed by atoms with Gasteiger partial charge in [0.1, 0.15) is 5.82 Å². The highest BCUT2D eigenvalue weighted by Gasteiger charge is 2.28. The van der Waals surface area contributed by atoms with Crippen molar-refractivity contribution in [2.75, 3.05) is 14.1 Å². The van der Waals surface area contributed by atoms with Crippen molar-refractivity contribution in [2.24, 2.45) is 11.1 Å². The van der Waals surface area contributed by atoms with Crippen LogP contribution in [-0.2, 0) is 0 Å². The number of hydrogen-bond acceptors (Lipinski definition) is 3. The predicted molar refractivity (Wildman–Crippen MR) is 74.0 cm³/mol. The second kappa shape index (κ2) is 6.15. The van der Waals surface area contributed by atoms with E-state index in [1.54, 1.807) is 12.1 Å². The largest absolute Gasteiger partial charge is 0.411 e. The standard InChI is InChI=1S/C15H21FN2O/c1-18(2)15(12-4-3-5-13(16)10-12)11-6-8-14(17-19)9-7-11/h3-5,10-11,15,19H,6-9H2,1-2H3. The lowest BCUT2D eigenvalue weighted by Gasteiger charge is -2.35. The van der Waals surface area contributed by atoms with Gasteiger partial charge in [0, 0.05) is 6.04 Å². The van der Waals surface area contributed by atoms with E-state index in [1.807, 2.05) is 20.2 Å². The summed E-state index contributed by atoms with van der Waals surface area (Å²) in [5.41, 5.74) is 1.91. The summed E-state index contributed by atoms with van der Waals surface area (Å²) in [6, 6.07) is 7.08. The molecule has 0 spiro atoms. The number of rotatable bonds is 3. The second-order valence-electron chi connectivity index (χ2n) is 5.47. The lowest BCUT2D eigenvalue weighted by atomic mass is 9.80. The van der Waals surface area contributed by atoms with E-state index in [-0.39, 0.29) is 11.9 Å². The van der Waals surface area contributed by atoms with E-state index in [1.165, 1.54) is 6.07 Å². The van der Waals surface area contributed by atoms with Gasteiger partial charge in [0.25, 0.3) is 0 Å². The van der Waals surface area contributed by atoms with Crippen molar-refractivity contribution in [2.45, 2.75) is 31.7 Å². The quantitative estimate of drug-likeness (QED) is 0.670. The molecule has 0 bridgehead atoms. The average molecular weight is 264 g/mol. The zero-order valence-corrected chi connectivity index (χ0v) is 11.5. The molecule has 0 heterocycles. The maximum Gasteiger partial charge on any atom is 0.123 e. The Hall–Kier alpha value is -1.42. The maximum atomic E-state index is 13.4. The Bertz CT molecular complexity index is 449. The second-order valence-corrected chi connectivity index (χ2v) is 5.47. The summed E-state index contributed by atoms with van der Waals surface area (Å²) in [6.07, 6.45) is 3.64. The van der Waals surface area contributed by atoms with Gasteiger partial charge in [0.15, 0.2) is 0 Å². The van der Waals surface area contributed by atoms with Crippen LogP contribution in [0.1, 0.15) is 37.3 Å². The highest BCUT2D eigenvalue weighted by Crippen LogP contribution is 2.36. The summed E-state index contributed by atoms with van der Waals surface area (Å²) in [6.45, 7) is 0. The van der Waals surface area contributed by atoms with Crippen LogP contribution >= 0.6 is 0 Å². The number of nitrogens with zero attached hydrogens (tertiary/aromatic N) is 2. The third-order valence-corrected chi connectivity index (χ3v) is 3.94. The summed E-state index contributed by atoms with van der Waals surface area (Å²) in [4.78, 5) is 2.15. The predicted octanol–water partition coefficient (Wildman–Crippen LogP) is 3.45. The van der Waals surface area contributed by atoms with Gasteiger partial charge in [-0.2, -0.15) is 0 Å². The van der Waals surface area contributed by atoms with Gasteiger partial charge in [-0.05, 0) is 63.4 Å². The molecule has 19 heavy (non-hydrogen) atoms. The molecule has 3 nitrogen and oxygen atoms in total. The smallest absolute Gasteiger partial charge is 0.123 e. The van der Waals surface area contributed by atoms with Crippen molar-refractivity contribution in [3.63, 3.8) is 0 Å². The van der Waals surface area contributed by atoms with Crippen LogP contribution in [0.5, 0.6) is 0 Å². The van der Waals surface area contributed by atoms with Crippen LogP contribution in [0.3, 0.4) is 0 Å². The molecule has 1 atom stereocenters. The molecule has 1 aliphatic carbocycles. The van der Waals surface area contributed by atoms with Crippen LogP contribution in [0, 0.1) is 11.7 Å². The number of halogens is 1. The van der Waals surface area contributed by atoms with E-state index < -0.39 is 0 Å². The normalized spacial score (nSPS) is 21.5. The van der Waals surface area contributed by atoms with Gasteiger partial charge < -0.3 is 10.1 Å². The minimum atomic E-state index is -0.183. The Morgan fingerprint density at radius 1 is 1.32 bits per heavy atom. The van der Waals surface area contributed by atoms with Crippen LogP contribution in [0.25, 0.3) is 0 Å². The van der Waals surface area contributed by atoms with Crippen molar-refractivity contribution in [3.05, 3.63) is 35.6 Å². The fourth-order valence-electron chi connectivity index (χ4n) is 3.07. The van der Waals surface area contributed by atoms with E-state index in [0.717, 1.165) is 37.0 Å². The summed E-state index contributed by atoms with van der Waals surface area (Å²) in [5, 5.41) is 12.1. The van der Waals surface area contributed by atoms with Crippen LogP contribution in [-0.4, -0.2) is 29.9 Å². The molecule has 2 rings (SSSR count). The molecule has 1 aromatic rings. The van der Waals surface area contributed by atoms with Crippen molar-refractivity contribution < 1.29 is 9.60 Å². The van der Waals surface area contributed by atoms with Crippen molar-refractivity contribution in [1.29, 1.82) is 0 Å². The van der Waals surface area contributed by atoms with Gasteiger partial charge in [0.05, 0.1) is 5.71 Å². The first-order chi connectivity index (χ1) is 9.11. The van der Waals surface area contributed by atoms with Crippen LogP contribution < -0.4 is 0 Å². The molecule has 0 amide bonds. The van der Waals surface area contributed by atoms with Crippen LogP contribution in [0.15, 0.2) is 29.4 Å². The molecule has 0 saturated heterocycles. The van der Waals surface area contributed by atoms with Gasteiger partial charge >= 0.3 is 0 Å². The first kappa shape index (κ1) is 14.0. The van der Waals surface area contributed by atoms with Gasteiger partial charge in [-0.3, -0.25) is 0 Å². The fraction of sp³-hybridized carbons (Fsp3) is 0.533. The molecule has 1 saturated carbocycles. The lowest BCUT2D eigenvalue weighted by molar-refractivity contribution is 0.188. The minimum absolute atomic E-state index is 0.183. The SMILES string of the molecule is CN(C)C(c1cccc(F)c1)C1CCC(=NO)CC1. The first-order valence-corrected chi connectivity index (χ1v) is 6.73. The third kappa shape index (κ3) is 3.32. The van der Waals surface area contributed by atoms with Crippen molar-refractivity contribution >= 4 is 5.71 Å². The Balaban J connectivity index is 2.17. The molecule has 1 aliphatic rings. The Kier molecular flexibility index (Phi) is 4.53. The maximum absolute atomic E-state index is 13.4. The van der Waals surface area contributed by atoms with Crippen LogP contribution in [0.4, 0.5) is 4.39 Å². The van der Waals surface area contributed by atoms with E-state index in [0.29, 0.717) is 5.92 Å². The summed E-state index contributed by atoms with van der Waals surface area (Å²) < 4.78 is 13.4. The number of oxime groups is 1. The molecule has 4 heteroatoms. The van der Waals surface area contributed by atoms with E-state index in [9.17, 15) is 4.39 Å². The molecule has 1 aromatic carbocycles. The van der Waals surface area contributed by atoms with Crippen molar-refractivity contribution in [1.82, 2.24) is 4.90 Å². The number of benzene rings is 1. The molecule has 1 fully saturated rings. The van der Waals surface area contributed by atoms with E-state index >= 15 is 0 Å². The molecule has 104 valence electrons. The van der Waals surface area contributed by atoms with Gasteiger partial charge in [-0.25, -0.2) is 4.39 Å². The summed E-state index contributed by atoms with van der Waals surface area (Å²) in [7, 11) is 4.07. The summed E-state index contributed by atoms with van der Waals surface area (Å²) >= 11 is 0. The third-order valence-electron chi connectivity index (χ3n) is 3.94. The van der Waals surface area contributed by atoms with Crippen molar-refractivity contribution in [3.8, 4) is 0 Å². The topological polar surface area (TPSA) is 35.8 Å². The Labute approximate surface area is 113 Å². The molecule has 1 unspecified atom stereocenters. The molecule has 1 N–H and O–H groups in total. The van der Waals surface area contributed by atoms with Gasteiger partial charge in [0.2, 0.25) is 0 Å². The van der Waals surface area contributed by atoms with E-state index in [4.69, 9.17) is 5.21 Å². The zero-order chi connectivity index (χ0) is 13.8. The Morgan fingerprint density at radius 3 is 2.53 bits per heavy atom. The minimum Gasteiger partial charge on any atom is -0.411 e. The molecular weight excluding hydrogens is 243 g/mol. The molecule has 0 aliphatic heterocycles. The summed E-state index contributed by atoms with van der Waals surface area (Å²) in [5.74, 6) is 0.292. The molecular formula is C15H21FN2O. The number of hydrogen-bond donors (Lipinski definition) is 1.